The van der Waals surface area contributed by atoms with Gasteiger partial charge in [-0.3, -0.25) is 0 Å². The number of nitrogens with two attached hydrogens (primary N) is 1. The first-order chi connectivity index (χ1) is 6.80. The second-order valence-corrected chi connectivity index (χ2v) is 4.94. The van der Waals surface area contributed by atoms with Crippen LogP contribution in [0.25, 0.3) is 0 Å². The van der Waals surface area contributed by atoms with Crippen LogP contribution in [-0.4, -0.2) is 18.6 Å². The van der Waals surface area contributed by atoms with Crippen LogP contribution in [0.2, 0.25) is 0 Å². The van der Waals surface area contributed by atoms with Crippen molar-refractivity contribution in [3.63, 3.8) is 0 Å². The third kappa shape index (κ3) is 1.61. The molecule has 0 aromatic carbocycles. The lowest BCUT2D eigenvalue weighted by molar-refractivity contribution is 0.218. The van der Waals surface area contributed by atoms with Crippen LogP contribution in [-0.2, 0) is 0 Å². The second kappa shape index (κ2) is 4.03. The van der Waals surface area contributed by atoms with Gasteiger partial charge in [-0.1, -0.05) is 12.5 Å². The first-order valence-corrected chi connectivity index (χ1v) is 5.87. The summed E-state index contributed by atoms with van der Waals surface area (Å²) in [6, 6.07) is 0. The minimum Gasteiger partial charge on any atom is -0.329 e. The molecule has 3 unspecified atom stereocenters. The minimum absolute atomic E-state index is 0.284. The standard InChI is InChI=1S/C12H22N2/c1-2-3-6-14-12(9-13)8-10-4-5-11(12)7-10/h2,10-11,14H,1,3-9,13H2. The molecule has 2 bridgehead atoms. The van der Waals surface area contributed by atoms with Crippen molar-refractivity contribution in [3.8, 4) is 0 Å². The molecule has 0 aliphatic heterocycles. The molecule has 2 saturated carbocycles. The van der Waals surface area contributed by atoms with Gasteiger partial charge in [-0.25, -0.2) is 0 Å². The summed E-state index contributed by atoms with van der Waals surface area (Å²) in [5.74, 6) is 1.81. The van der Waals surface area contributed by atoms with Crippen molar-refractivity contribution in [2.45, 2.75) is 37.6 Å². The number of hydrogen-bond donors (Lipinski definition) is 2. The Kier molecular flexibility index (Phi) is 2.93. The van der Waals surface area contributed by atoms with Gasteiger partial charge in [0, 0.05) is 12.1 Å². The highest BCUT2D eigenvalue weighted by Gasteiger charge is 2.49. The zero-order chi connectivity index (χ0) is 10.0. The zero-order valence-electron chi connectivity index (χ0n) is 8.97. The largest absolute Gasteiger partial charge is 0.329 e. The van der Waals surface area contributed by atoms with Gasteiger partial charge in [-0.2, -0.15) is 0 Å². The molecular formula is C12H22N2. The lowest BCUT2D eigenvalue weighted by atomic mass is 9.81. The molecule has 2 fully saturated rings. The van der Waals surface area contributed by atoms with E-state index in [2.05, 4.69) is 11.9 Å². The van der Waals surface area contributed by atoms with E-state index in [-0.39, 0.29) is 5.54 Å². The van der Waals surface area contributed by atoms with E-state index in [4.69, 9.17) is 5.73 Å². The van der Waals surface area contributed by atoms with E-state index in [1.807, 2.05) is 6.08 Å². The Hall–Kier alpha value is -0.340. The Morgan fingerprint density at radius 2 is 2.36 bits per heavy atom. The van der Waals surface area contributed by atoms with Crippen molar-refractivity contribution in [2.24, 2.45) is 17.6 Å². The smallest absolute Gasteiger partial charge is 0.0335 e. The molecule has 14 heavy (non-hydrogen) atoms. The van der Waals surface area contributed by atoms with E-state index in [9.17, 15) is 0 Å². The van der Waals surface area contributed by atoms with Gasteiger partial charge in [0.25, 0.3) is 0 Å². The maximum atomic E-state index is 5.95. The summed E-state index contributed by atoms with van der Waals surface area (Å²) in [7, 11) is 0. The molecule has 3 N–H and O–H groups in total. The molecule has 0 radical (unpaired) electrons. The third-order valence-corrected chi connectivity index (χ3v) is 4.17. The summed E-state index contributed by atoms with van der Waals surface area (Å²) < 4.78 is 0. The second-order valence-electron chi connectivity index (χ2n) is 4.94. The van der Waals surface area contributed by atoms with Crippen molar-refractivity contribution in [1.29, 1.82) is 0 Å². The maximum Gasteiger partial charge on any atom is 0.0335 e. The van der Waals surface area contributed by atoms with E-state index in [0.29, 0.717) is 0 Å². The van der Waals surface area contributed by atoms with Crippen LogP contribution >= 0.6 is 0 Å². The lowest BCUT2D eigenvalue weighted by Gasteiger charge is -2.37. The monoisotopic (exact) mass is 194 g/mol. The van der Waals surface area contributed by atoms with Crippen LogP contribution in [0.3, 0.4) is 0 Å². The molecule has 0 spiro atoms. The molecule has 3 atom stereocenters. The quantitative estimate of drug-likeness (QED) is 0.516. The predicted octanol–water partition coefficient (Wildman–Crippen LogP) is 1.67. The summed E-state index contributed by atoms with van der Waals surface area (Å²) >= 11 is 0. The molecule has 2 aliphatic rings. The molecular weight excluding hydrogens is 172 g/mol. The summed E-state index contributed by atoms with van der Waals surface area (Å²) in [5.41, 5.74) is 6.23. The highest BCUT2D eigenvalue weighted by Crippen LogP contribution is 2.50. The van der Waals surface area contributed by atoms with E-state index < -0.39 is 0 Å². The zero-order valence-corrected chi connectivity index (χ0v) is 8.97. The van der Waals surface area contributed by atoms with Gasteiger partial charge >= 0.3 is 0 Å². The van der Waals surface area contributed by atoms with E-state index >= 15 is 0 Å². The third-order valence-electron chi connectivity index (χ3n) is 4.17. The first-order valence-electron chi connectivity index (χ1n) is 5.87. The van der Waals surface area contributed by atoms with Crippen LogP contribution in [0.5, 0.6) is 0 Å². The van der Waals surface area contributed by atoms with Crippen LogP contribution in [0.1, 0.15) is 32.1 Å². The summed E-state index contributed by atoms with van der Waals surface area (Å²) in [6.07, 6.45) is 8.59. The molecule has 2 heteroatoms. The van der Waals surface area contributed by atoms with Crippen molar-refractivity contribution in [3.05, 3.63) is 12.7 Å². The average Bonchev–Trinajstić information content (AvgIpc) is 2.78. The molecule has 0 aromatic heterocycles. The molecule has 80 valence electrons. The fourth-order valence-corrected chi connectivity index (χ4v) is 3.41. The van der Waals surface area contributed by atoms with Gasteiger partial charge < -0.3 is 11.1 Å². The SMILES string of the molecule is C=CCCNC1(CN)CC2CCC1C2. The van der Waals surface area contributed by atoms with Crippen LogP contribution in [0.15, 0.2) is 12.7 Å². The molecule has 2 nitrogen and oxygen atoms in total. The van der Waals surface area contributed by atoms with Gasteiger partial charge in [-0.15, -0.1) is 6.58 Å². The molecule has 2 aliphatic carbocycles. The van der Waals surface area contributed by atoms with E-state index in [1.54, 1.807) is 0 Å². The lowest BCUT2D eigenvalue weighted by Crippen LogP contribution is -2.55. The van der Waals surface area contributed by atoms with Crippen molar-refractivity contribution < 1.29 is 0 Å². The normalized spacial score (nSPS) is 40.4. The van der Waals surface area contributed by atoms with Crippen LogP contribution in [0.4, 0.5) is 0 Å². The van der Waals surface area contributed by atoms with Gasteiger partial charge in [0.05, 0.1) is 0 Å². The van der Waals surface area contributed by atoms with Crippen LogP contribution < -0.4 is 11.1 Å². The highest BCUT2D eigenvalue weighted by atomic mass is 15.0. The number of rotatable bonds is 5. The van der Waals surface area contributed by atoms with E-state index in [1.165, 1.54) is 25.7 Å². The topological polar surface area (TPSA) is 38.0 Å². The van der Waals surface area contributed by atoms with E-state index in [0.717, 1.165) is 31.3 Å². The molecule has 2 rings (SSSR count). The number of nitrogens with one attached hydrogen (secondary N) is 1. The van der Waals surface area contributed by atoms with Crippen LogP contribution in [0, 0.1) is 11.8 Å². The Morgan fingerprint density at radius 1 is 1.50 bits per heavy atom. The molecule has 0 aromatic rings. The number of fused-ring (bicyclic) bond motifs is 2. The van der Waals surface area contributed by atoms with Gasteiger partial charge in [0.15, 0.2) is 0 Å². The Balaban J connectivity index is 1.93. The molecule has 0 amide bonds. The molecule has 0 heterocycles. The fraction of sp³-hybridized carbons (Fsp3) is 0.833. The summed E-state index contributed by atoms with van der Waals surface area (Å²) in [6.45, 7) is 5.61. The predicted molar refractivity (Wildman–Crippen MR) is 60.1 cm³/mol. The van der Waals surface area contributed by atoms with Gasteiger partial charge in [-0.05, 0) is 44.1 Å². The summed E-state index contributed by atoms with van der Waals surface area (Å²) in [5, 5.41) is 3.68. The Labute approximate surface area is 86.9 Å². The maximum absolute atomic E-state index is 5.95. The van der Waals surface area contributed by atoms with Crippen molar-refractivity contribution >= 4 is 0 Å². The minimum atomic E-state index is 0.284. The average molecular weight is 194 g/mol. The summed E-state index contributed by atoms with van der Waals surface area (Å²) in [4.78, 5) is 0. The van der Waals surface area contributed by atoms with Gasteiger partial charge in [0.2, 0.25) is 0 Å². The first kappa shape index (κ1) is 10.2. The Morgan fingerprint density at radius 3 is 2.86 bits per heavy atom. The van der Waals surface area contributed by atoms with Crippen molar-refractivity contribution in [1.82, 2.24) is 5.32 Å². The fourth-order valence-electron chi connectivity index (χ4n) is 3.41. The van der Waals surface area contributed by atoms with Gasteiger partial charge in [0.1, 0.15) is 0 Å². The number of hydrogen-bond acceptors (Lipinski definition) is 2. The van der Waals surface area contributed by atoms with Crippen molar-refractivity contribution in [2.75, 3.05) is 13.1 Å². The highest BCUT2D eigenvalue weighted by molar-refractivity contribution is 5.07. The molecule has 0 saturated heterocycles. The Bertz CT molecular complexity index is 214.